The molecule has 1 unspecified atom stereocenters. The summed E-state index contributed by atoms with van der Waals surface area (Å²) >= 11 is 0.439. The minimum absolute atomic E-state index is 0.103. The zero-order chi connectivity index (χ0) is 13.0. The summed E-state index contributed by atoms with van der Waals surface area (Å²) in [6.45, 7) is 3.56. The highest BCUT2D eigenvalue weighted by Crippen LogP contribution is 2.29. The Hall–Kier alpha value is -1.10. The summed E-state index contributed by atoms with van der Waals surface area (Å²) in [5.41, 5.74) is 0.582. The fourth-order valence-electron chi connectivity index (χ4n) is 1.65. The number of alkyl halides is 2. The zero-order valence-corrected chi connectivity index (χ0v) is 10.3. The number of benzene rings is 1. The lowest BCUT2D eigenvalue weighted by molar-refractivity contribution is -0.309. The molecular weight excluding hydrogens is 246 g/mol. The summed E-state index contributed by atoms with van der Waals surface area (Å²) in [6, 6.07) is 6.13. The van der Waals surface area contributed by atoms with E-state index < -0.39 is 17.6 Å². The number of carbonyl (C=O) groups is 1. The molecule has 94 valence electrons. The van der Waals surface area contributed by atoms with Gasteiger partial charge in [0.25, 0.3) is 5.76 Å². The van der Waals surface area contributed by atoms with Crippen molar-refractivity contribution in [3.05, 3.63) is 29.8 Å². The van der Waals surface area contributed by atoms with Gasteiger partial charge in [0.1, 0.15) is 0 Å². The number of halogens is 2. The van der Waals surface area contributed by atoms with Crippen LogP contribution < -0.4 is 5.11 Å². The Morgan fingerprint density at radius 2 is 1.76 bits per heavy atom. The molecule has 0 amide bonds. The van der Waals surface area contributed by atoms with Gasteiger partial charge in [-0.25, -0.2) is 0 Å². The number of thioether (sulfide) groups is 1. The standard InChI is InChI=1S/C12H14F2O2S/c1-7(2)10(11(15)16)8-3-5-9(6-4-8)17-12(13)14/h3-7,10,12H,1-2H3,(H,15,16)/p-1. The summed E-state index contributed by atoms with van der Waals surface area (Å²) < 4.78 is 24.2. The van der Waals surface area contributed by atoms with Crippen LogP contribution in [0.4, 0.5) is 8.78 Å². The van der Waals surface area contributed by atoms with Crippen LogP contribution in [-0.2, 0) is 4.79 Å². The van der Waals surface area contributed by atoms with E-state index in [4.69, 9.17) is 0 Å². The molecule has 0 spiro atoms. The van der Waals surface area contributed by atoms with Gasteiger partial charge in [-0.3, -0.25) is 0 Å². The zero-order valence-electron chi connectivity index (χ0n) is 9.52. The van der Waals surface area contributed by atoms with Gasteiger partial charge < -0.3 is 9.90 Å². The molecule has 0 aliphatic heterocycles. The van der Waals surface area contributed by atoms with Crippen molar-refractivity contribution in [1.29, 1.82) is 0 Å². The summed E-state index contributed by atoms with van der Waals surface area (Å²) in [4.78, 5) is 11.4. The predicted molar refractivity (Wildman–Crippen MR) is 60.9 cm³/mol. The Balaban J connectivity index is 2.88. The first-order chi connectivity index (χ1) is 7.91. The van der Waals surface area contributed by atoms with Crippen LogP contribution in [0.2, 0.25) is 0 Å². The lowest BCUT2D eigenvalue weighted by atomic mass is 9.89. The maximum absolute atomic E-state index is 12.1. The molecule has 17 heavy (non-hydrogen) atoms. The van der Waals surface area contributed by atoms with Gasteiger partial charge in [-0.15, -0.1) is 0 Å². The van der Waals surface area contributed by atoms with Crippen LogP contribution >= 0.6 is 11.8 Å². The molecule has 5 heteroatoms. The Labute approximate surface area is 103 Å². The average Bonchev–Trinajstić information content (AvgIpc) is 2.18. The quantitative estimate of drug-likeness (QED) is 0.763. The second kappa shape index (κ2) is 6.00. The van der Waals surface area contributed by atoms with Gasteiger partial charge in [0, 0.05) is 16.8 Å². The maximum Gasteiger partial charge on any atom is 0.288 e. The normalized spacial score (nSPS) is 13.1. The van der Waals surface area contributed by atoms with E-state index in [1.165, 1.54) is 12.1 Å². The van der Waals surface area contributed by atoms with Crippen LogP contribution in [0.15, 0.2) is 29.2 Å². The highest BCUT2D eigenvalue weighted by molar-refractivity contribution is 7.99. The molecule has 1 rings (SSSR count). The van der Waals surface area contributed by atoms with Gasteiger partial charge in [0.2, 0.25) is 0 Å². The Morgan fingerprint density at radius 1 is 1.24 bits per heavy atom. The molecule has 2 nitrogen and oxygen atoms in total. The van der Waals surface area contributed by atoms with Gasteiger partial charge in [0.05, 0.1) is 0 Å². The van der Waals surface area contributed by atoms with Gasteiger partial charge in [-0.05, 0) is 23.6 Å². The third-order valence-electron chi connectivity index (χ3n) is 2.38. The molecule has 0 aromatic heterocycles. The number of carboxylic acids is 1. The Kier molecular flexibility index (Phi) is 4.93. The maximum atomic E-state index is 12.1. The molecule has 0 fully saturated rings. The van der Waals surface area contributed by atoms with Crippen molar-refractivity contribution in [2.24, 2.45) is 5.92 Å². The van der Waals surface area contributed by atoms with E-state index in [-0.39, 0.29) is 5.92 Å². The first kappa shape index (κ1) is 14.0. The molecule has 0 saturated carbocycles. The molecule has 0 bridgehead atoms. The van der Waals surface area contributed by atoms with E-state index in [0.29, 0.717) is 22.2 Å². The van der Waals surface area contributed by atoms with Crippen molar-refractivity contribution < 1.29 is 18.7 Å². The number of carboxylic acid groups (broad SMARTS) is 1. The number of hydrogen-bond acceptors (Lipinski definition) is 3. The van der Waals surface area contributed by atoms with E-state index in [9.17, 15) is 18.7 Å². The van der Waals surface area contributed by atoms with Crippen LogP contribution in [0, 0.1) is 5.92 Å². The van der Waals surface area contributed by atoms with Crippen LogP contribution in [0.5, 0.6) is 0 Å². The minimum Gasteiger partial charge on any atom is -0.549 e. The smallest absolute Gasteiger partial charge is 0.288 e. The summed E-state index contributed by atoms with van der Waals surface area (Å²) in [7, 11) is 0. The van der Waals surface area contributed by atoms with Crippen LogP contribution in [-0.4, -0.2) is 11.7 Å². The van der Waals surface area contributed by atoms with Crippen molar-refractivity contribution in [2.75, 3.05) is 0 Å². The number of carbonyl (C=O) groups excluding carboxylic acids is 1. The van der Waals surface area contributed by atoms with E-state index in [1.54, 1.807) is 26.0 Å². The third-order valence-corrected chi connectivity index (χ3v) is 3.11. The number of hydrogen-bond donors (Lipinski definition) is 0. The van der Waals surface area contributed by atoms with Crippen molar-refractivity contribution in [2.45, 2.75) is 30.4 Å². The number of rotatable bonds is 5. The molecule has 0 saturated heterocycles. The van der Waals surface area contributed by atoms with Gasteiger partial charge in [0.15, 0.2) is 0 Å². The van der Waals surface area contributed by atoms with E-state index in [0.717, 1.165) is 0 Å². The molecule has 0 heterocycles. The summed E-state index contributed by atoms with van der Waals surface area (Å²) in [6.07, 6.45) is 0. The van der Waals surface area contributed by atoms with Crippen LogP contribution in [0.25, 0.3) is 0 Å². The highest BCUT2D eigenvalue weighted by Gasteiger charge is 2.17. The molecule has 1 aromatic carbocycles. The largest absolute Gasteiger partial charge is 0.549 e. The van der Waals surface area contributed by atoms with Gasteiger partial charge in [-0.1, -0.05) is 37.7 Å². The topological polar surface area (TPSA) is 40.1 Å². The first-order valence-corrected chi connectivity index (χ1v) is 6.05. The highest BCUT2D eigenvalue weighted by atomic mass is 32.2. The lowest BCUT2D eigenvalue weighted by Gasteiger charge is -2.22. The molecule has 0 radical (unpaired) electrons. The Morgan fingerprint density at radius 3 is 2.12 bits per heavy atom. The number of aliphatic carboxylic acids is 1. The van der Waals surface area contributed by atoms with Crippen molar-refractivity contribution in [3.8, 4) is 0 Å². The van der Waals surface area contributed by atoms with Crippen molar-refractivity contribution in [1.82, 2.24) is 0 Å². The fraction of sp³-hybridized carbons (Fsp3) is 0.417. The minimum atomic E-state index is -2.47. The van der Waals surface area contributed by atoms with Crippen LogP contribution in [0.1, 0.15) is 25.3 Å². The second-order valence-corrected chi connectivity index (χ2v) is 5.05. The lowest BCUT2D eigenvalue weighted by Crippen LogP contribution is -2.32. The van der Waals surface area contributed by atoms with E-state index in [1.807, 2.05) is 0 Å². The predicted octanol–water partition coefficient (Wildman–Crippen LogP) is 2.49. The monoisotopic (exact) mass is 259 g/mol. The second-order valence-electron chi connectivity index (χ2n) is 3.99. The fourth-order valence-corrected chi connectivity index (χ4v) is 2.15. The summed E-state index contributed by atoms with van der Waals surface area (Å²) in [5, 5.41) is 11.0. The summed E-state index contributed by atoms with van der Waals surface area (Å²) in [5.74, 6) is -4.42. The van der Waals surface area contributed by atoms with Gasteiger partial charge in [-0.2, -0.15) is 8.78 Å². The third kappa shape index (κ3) is 4.00. The molecule has 0 aliphatic rings. The van der Waals surface area contributed by atoms with Crippen LogP contribution in [0.3, 0.4) is 0 Å². The first-order valence-electron chi connectivity index (χ1n) is 5.17. The van der Waals surface area contributed by atoms with E-state index >= 15 is 0 Å². The SMILES string of the molecule is CC(C)C(C(=O)[O-])c1ccc(SC(F)F)cc1. The Bertz CT molecular complexity index is 377. The average molecular weight is 259 g/mol. The van der Waals surface area contributed by atoms with Crippen molar-refractivity contribution >= 4 is 17.7 Å². The van der Waals surface area contributed by atoms with Gasteiger partial charge >= 0.3 is 0 Å². The van der Waals surface area contributed by atoms with Crippen molar-refractivity contribution in [3.63, 3.8) is 0 Å². The molecule has 1 atom stereocenters. The molecule has 0 aliphatic carbocycles. The molecule has 1 aromatic rings. The van der Waals surface area contributed by atoms with E-state index in [2.05, 4.69) is 0 Å². The molecule has 0 N–H and O–H groups in total. The molecular formula is C12H13F2O2S-.